The lowest BCUT2D eigenvalue weighted by Gasteiger charge is -2.26. The molecule has 1 saturated carbocycles. The molecule has 2 unspecified atom stereocenters. The van der Waals surface area contributed by atoms with Gasteiger partial charge in [-0.05, 0) is 67.0 Å². The molecule has 8 nitrogen and oxygen atoms in total. The number of carbonyl (C=O) groups excluding carboxylic acids is 1. The Hall–Kier alpha value is -2.85. The van der Waals surface area contributed by atoms with Gasteiger partial charge in [-0.1, -0.05) is 47.5 Å². The Balaban J connectivity index is 1.45. The summed E-state index contributed by atoms with van der Waals surface area (Å²) in [6.07, 6.45) is 5.43. The summed E-state index contributed by atoms with van der Waals surface area (Å²) in [5.74, 6) is 0.982. The number of halogens is 2. The van der Waals surface area contributed by atoms with E-state index >= 15 is 0 Å². The van der Waals surface area contributed by atoms with Crippen LogP contribution >= 0.6 is 23.2 Å². The molecule has 2 aromatic carbocycles. The van der Waals surface area contributed by atoms with Gasteiger partial charge in [-0.15, -0.1) is 0 Å². The van der Waals surface area contributed by atoms with Gasteiger partial charge in [-0.3, -0.25) is 9.78 Å². The number of rotatable bonds is 11. The van der Waals surface area contributed by atoms with Crippen LogP contribution in [0.15, 0.2) is 65.8 Å². The second kappa shape index (κ2) is 12.3. The van der Waals surface area contributed by atoms with Gasteiger partial charge in [-0.25, -0.2) is 8.42 Å². The minimum atomic E-state index is -3.89. The zero-order valence-electron chi connectivity index (χ0n) is 22.0. The summed E-state index contributed by atoms with van der Waals surface area (Å²) in [6, 6.07) is 12.5. The molecule has 1 aliphatic heterocycles. The maximum absolute atomic E-state index is 13.6. The molecule has 0 amide bonds. The molecule has 3 aromatic rings. The molecule has 1 aliphatic carbocycles. The van der Waals surface area contributed by atoms with Crippen molar-refractivity contribution in [3.05, 3.63) is 82.1 Å². The van der Waals surface area contributed by atoms with Crippen molar-refractivity contribution in [1.29, 1.82) is 0 Å². The molecule has 212 valence electrons. The van der Waals surface area contributed by atoms with Crippen LogP contribution < -0.4 is 9.47 Å². The van der Waals surface area contributed by atoms with E-state index in [2.05, 4.69) is 4.98 Å². The number of benzene rings is 2. The van der Waals surface area contributed by atoms with Crippen LogP contribution in [0, 0.1) is 5.92 Å². The third-order valence-electron chi connectivity index (χ3n) is 7.16. The summed E-state index contributed by atoms with van der Waals surface area (Å²) in [4.78, 5) is 17.8. The van der Waals surface area contributed by atoms with E-state index < -0.39 is 28.1 Å². The average molecular weight is 606 g/mol. The minimum Gasteiger partial charge on any atom is -0.493 e. The molecule has 2 fully saturated rings. The molecule has 0 bridgehead atoms. The largest absolute Gasteiger partial charge is 0.493 e. The van der Waals surface area contributed by atoms with Gasteiger partial charge in [-0.2, -0.15) is 4.31 Å². The van der Waals surface area contributed by atoms with Crippen LogP contribution in [-0.2, 0) is 26.0 Å². The van der Waals surface area contributed by atoms with Crippen molar-refractivity contribution in [3.8, 4) is 11.5 Å². The molecule has 40 heavy (non-hydrogen) atoms. The Labute approximate surface area is 244 Å². The van der Waals surface area contributed by atoms with Crippen molar-refractivity contribution in [2.24, 2.45) is 5.92 Å². The highest BCUT2D eigenvalue weighted by atomic mass is 35.5. The molecule has 2 atom stereocenters. The van der Waals surface area contributed by atoms with E-state index in [0.29, 0.717) is 58.0 Å². The molecular formula is C29H30Cl2N2O6S. The fourth-order valence-corrected chi connectivity index (χ4v) is 6.94. The molecule has 2 heterocycles. The Morgan fingerprint density at radius 2 is 1.77 bits per heavy atom. The van der Waals surface area contributed by atoms with E-state index in [1.165, 1.54) is 28.8 Å². The van der Waals surface area contributed by atoms with Crippen LogP contribution in [0.4, 0.5) is 0 Å². The smallest absolute Gasteiger partial charge is 0.325 e. The quantitative estimate of drug-likeness (QED) is 0.253. The van der Waals surface area contributed by atoms with E-state index in [-0.39, 0.29) is 17.9 Å². The predicted octanol–water partition coefficient (Wildman–Crippen LogP) is 5.87. The summed E-state index contributed by atoms with van der Waals surface area (Å²) in [7, 11) is -2.32. The molecule has 2 aliphatic rings. The Morgan fingerprint density at radius 1 is 1.05 bits per heavy atom. The maximum Gasteiger partial charge on any atom is 0.325 e. The van der Waals surface area contributed by atoms with Gasteiger partial charge in [0, 0.05) is 25.4 Å². The second-order valence-electron chi connectivity index (χ2n) is 9.96. The van der Waals surface area contributed by atoms with Gasteiger partial charge in [0.15, 0.2) is 11.5 Å². The molecule has 0 spiro atoms. The highest BCUT2D eigenvalue weighted by Crippen LogP contribution is 2.38. The van der Waals surface area contributed by atoms with Gasteiger partial charge in [0.05, 0.1) is 28.7 Å². The van der Waals surface area contributed by atoms with Crippen molar-refractivity contribution in [2.75, 3.05) is 20.3 Å². The number of esters is 1. The van der Waals surface area contributed by atoms with Gasteiger partial charge in [0.1, 0.15) is 12.1 Å². The first-order chi connectivity index (χ1) is 19.3. The molecule has 1 aromatic heterocycles. The van der Waals surface area contributed by atoms with Gasteiger partial charge < -0.3 is 14.2 Å². The number of hydrogen-bond acceptors (Lipinski definition) is 7. The first kappa shape index (κ1) is 28.7. The van der Waals surface area contributed by atoms with Crippen molar-refractivity contribution in [2.45, 2.75) is 49.1 Å². The molecule has 1 saturated heterocycles. The van der Waals surface area contributed by atoms with Crippen LogP contribution in [0.2, 0.25) is 10.0 Å². The van der Waals surface area contributed by atoms with Crippen LogP contribution in [0.25, 0.3) is 0 Å². The second-order valence-corrected chi connectivity index (χ2v) is 12.7. The first-order valence-electron chi connectivity index (χ1n) is 13.1. The first-order valence-corrected chi connectivity index (χ1v) is 15.3. The van der Waals surface area contributed by atoms with E-state index in [4.69, 9.17) is 37.4 Å². The van der Waals surface area contributed by atoms with Gasteiger partial charge in [0.2, 0.25) is 10.0 Å². The number of hydrogen-bond donors (Lipinski definition) is 0. The van der Waals surface area contributed by atoms with E-state index in [9.17, 15) is 13.2 Å². The van der Waals surface area contributed by atoms with Gasteiger partial charge in [0.25, 0.3) is 0 Å². The fraction of sp³-hybridized carbons (Fsp3) is 0.379. The maximum atomic E-state index is 13.6. The highest BCUT2D eigenvalue weighted by molar-refractivity contribution is 7.89. The number of methoxy groups -OCH3 is 1. The molecule has 5 rings (SSSR count). The summed E-state index contributed by atoms with van der Waals surface area (Å²) >= 11 is 12.9. The zero-order chi connectivity index (χ0) is 28.3. The van der Waals surface area contributed by atoms with Crippen molar-refractivity contribution in [1.82, 2.24) is 9.29 Å². The van der Waals surface area contributed by atoms with Crippen molar-refractivity contribution in [3.63, 3.8) is 0 Å². The number of ether oxygens (including phenoxy) is 3. The van der Waals surface area contributed by atoms with Crippen LogP contribution in [0.1, 0.15) is 42.9 Å². The Morgan fingerprint density at radius 3 is 2.45 bits per heavy atom. The van der Waals surface area contributed by atoms with E-state index in [1.54, 1.807) is 43.5 Å². The highest BCUT2D eigenvalue weighted by Gasteiger charge is 2.41. The summed E-state index contributed by atoms with van der Waals surface area (Å²) < 4.78 is 45.6. The lowest BCUT2D eigenvalue weighted by Crippen LogP contribution is -2.41. The molecule has 0 N–H and O–H groups in total. The number of pyridine rings is 1. The molecule has 0 radical (unpaired) electrons. The predicted molar refractivity (Wildman–Crippen MR) is 151 cm³/mol. The monoisotopic (exact) mass is 604 g/mol. The number of aromatic nitrogens is 1. The fourth-order valence-electron chi connectivity index (χ4n) is 4.75. The Bertz CT molecular complexity index is 1450. The average Bonchev–Trinajstić information content (AvgIpc) is 3.65. The summed E-state index contributed by atoms with van der Waals surface area (Å²) in [6.45, 7) is 0.798. The molecule has 11 heteroatoms. The Kier molecular flexibility index (Phi) is 8.85. The standard InChI is InChI=1S/C29H30Cl2N2O6S/c1-37-26-12-11-20(14-28(26)38-18-19-9-10-19)27(15-22-23(30)16-32-17-24(22)31)39-29(34)25-8-5-13-33(25)40(35,36)21-6-3-2-4-7-21/h2-4,6-7,11-12,14,16-17,19,25,27H,5,8-10,13,15,18H2,1H3. The summed E-state index contributed by atoms with van der Waals surface area (Å²) in [5, 5.41) is 0.669. The van der Waals surface area contributed by atoms with Crippen LogP contribution in [0.5, 0.6) is 11.5 Å². The van der Waals surface area contributed by atoms with Crippen molar-refractivity contribution >= 4 is 39.2 Å². The number of sulfonamides is 1. The topological polar surface area (TPSA) is 95.0 Å². The van der Waals surface area contributed by atoms with Crippen LogP contribution in [-0.4, -0.2) is 50.0 Å². The minimum absolute atomic E-state index is 0.134. The number of carbonyl (C=O) groups is 1. The van der Waals surface area contributed by atoms with E-state index in [0.717, 1.165) is 12.8 Å². The molecular weight excluding hydrogens is 575 g/mol. The normalized spacial score (nSPS) is 18.3. The third-order valence-corrected chi connectivity index (χ3v) is 9.73. The van der Waals surface area contributed by atoms with Crippen molar-refractivity contribution < 1.29 is 27.4 Å². The number of nitrogens with zero attached hydrogens (tertiary/aromatic N) is 2. The summed E-state index contributed by atoms with van der Waals surface area (Å²) in [5.41, 5.74) is 1.20. The third kappa shape index (κ3) is 6.38. The van der Waals surface area contributed by atoms with Crippen LogP contribution in [0.3, 0.4) is 0 Å². The van der Waals surface area contributed by atoms with E-state index in [1.807, 2.05) is 0 Å². The SMILES string of the molecule is COc1ccc(C(Cc2c(Cl)cncc2Cl)OC(=O)C2CCCN2S(=O)(=O)c2ccccc2)cc1OCC1CC1. The lowest BCUT2D eigenvalue weighted by atomic mass is 10.0. The lowest BCUT2D eigenvalue weighted by molar-refractivity contribution is -0.153. The zero-order valence-corrected chi connectivity index (χ0v) is 24.3. The van der Waals surface area contributed by atoms with Gasteiger partial charge >= 0.3 is 5.97 Å².